The summed E-state index contributed by atoms with van der Waals surface area (Å²) >= 11 is 0. The third-order valence-corrected chi connectivity index (χ3v) is 5.14. The van der Waals surface area contributed by atoms with Crippen LogP contribution in [0.3, 0.4) is 0 Å². The van der Waals surface area contributed by atoms with E-state index in [0.717, 1.165) is 32.5 Å². The summed E-state index contributed by atoms with van der Waals surface area (Å²) < 4.78 is 5.36. The van der Waals surface area contributed by atoms with Crippen LogP contribution < -0.4 is 10.6 Å². The van der Waals surface area contributed by atoms with Gasteiger partial charge in [0.25, 0.3) is 5.91 Å². The highest BCUT2D eigenvalue weighted by Gasteiger charge is 2.21. The van der Waals surface area contributed by atoms with Crippen LogP contribution in [-0.2, 0) is 11.3 Å². The van der Waals surface area contributed by atoms with Crippen molar-refractivity contribution in [2.45, 2.75) is 33.2 Å². The lowest BCUT2D eigenvalue weighted by Gasteiger charge is -2.32. The van der Waals surface area contributed by atoms with E-state index in [1.54, 1.807) is 19.9 Å². The largest absolute Gasteiger partial charge is 0.466 e. The van der Waals surface area contributed by atoms with Gasteiger partial charge in [0.2, 0.25) is 5.91 Å². The number of benzene rings is 1. The molecule has 2 heterocycles. The van der Waals surface area contributed by atoms with E-state index in [0.29, 0.717) is 29.5 Å². The average molecular weight is 383 g/mol. The second-order valence-corrected chi connectivity index (χ2v) is 7.54. The number of likely N-dealkylation sites (tertiary alicyclic amines) is 1. The standard InChI is InChI=1S/C22H29N3O3/c1-16-11-20(17(2)28-16)22(27)24-13-21(26)23-12-19-9-6-10-25(15-19)14-18-7-4-3-5-8-18/h3-5,7-8,11,19H,6,9-10,12-15H2,1-2H3,(H,23,26)(H,24,27). The fourth-order valence-electron chi connectivity index (χ4n) is 3.74. The Bertz CT molecular complexity index is 801. The number of piperidine rings is 1. The zero-order valence-electron chi connectivity index (χ0n) is 16.7. The molecule has 1 aliphatic rings. The molecule has 6 heteroatoms. The van der Waals surface area contributed by atoms with Gasteiger partial charge in [0.15, 0.2) is 0 Å². The number of amides is 2. The minimum absolute atomic E-state index is 0.0249. The lowest BCUT2D eigenvalue weighted by molar-refractivity contribution is -0.120. The number of nitrogens with one attached hydrogen (secondary N) is 2. The van der Waals surface area contributed by atoms with Crippen LogP contribution in [0.25, 0.3) is 0 Å². The first kappa shape index (κ1) is 20.1. The third-order valence-electron chi connectivity index (χ3n) is 5.14. The molecule has 28 heavy (non-hydrogen) atoms. The van der Waals surface area contributed by atoms with Gasteiger partial charge in [0.05, 0.1) is 12.1 Å². The molecule has 2 aromatic rings. The summed E-state index contributed by atoms with van der Waals surface area (Å²) in [4.78, 5) is 26.7. The van der Waals surface area contributed by atoms with Crippen LogP contribution in [0.4, 0.5) is 0 Å². The summed E-state index contributed by atoms with van der Waals surface area (Å²) in [5, 5.41) is 5.62. The normalized spacial score (nSPS) is 17.3. The molecule has 150 valence electrons. The van der Waals surface area contributed by atoms with Crippen molar-refractivity contribution in [3.05, 3.63) is 59.0 Å². The Kier molecular flexibility index (Phi) is 6.87. The molecule has 0 saturated carbocycles. The van der Waals surface area contributed by atoms with Crippen molar-refractivity contribution in [1.29, 1.82) is 0 Å². The fourth-order valence-corrected chi connectivity index (χ4v) is 3.74. The van der Waals surface area contributed by atoms with Gasteiger partial charge in [0, 0.05) is 19.6 Å². The zero-order valence-corrected chi connectivity index (χ0v) is 16.7. The number of carbonyl (C=O) groups excluding carboxylic acids is 2. The van der Waals surface area contributed by atoms with Gasteiger partial charge in [-0.15, -0.1) is 0 Å². The minimum atomic E-state index is -0.281. The van der Waals surface area contributed by atoms with Gasteiger partial charge in [0.1, 0.15) is 11.5 Å². The first-order valence-electron chi connectivity index (χ1n) is 9.89. The molecule has 0 spiro atoms. The monoisotopic (exact) mass is 383 g/mol. The van der Waals surface area contributed by atoms with Crippen LogP contribution in [0.5, 0.6) is 0 Å². The topological polar surface area (TPSA) is 74.6 Å². The molecule has 1 aliphatic heterocycles. The van der Waals surface area contributed by atoms with Crippen LogP contribution in [0.1, 0.15) is 40.3 Å². The highest BCUT2D eigenvalue weighted by atomic mass is 16.3. The van der Waals surface area contributed by atoms with Crippen molar-refractivity contribution in [3.63, 3.8) is 0 Å². The number of aryl methyl sites for hydroxylation is 2. The van der Waals surface area contributed by atoms with E-state index in [4.69, 9.17) is 4.42 Å². The second-order valence-electron chi connectivity index (χ2n) is 7.54. The molecule has 6 nitrogen and oxygen atoms in total. The molecule has 1 aromatic heterocycles. The molecule has 1 atom stereocenters. The average Bonchev–Trinajstić information content (AvgIpc) is 3.04. The van der Waals surface area contributed by atoms with E-state index in [1.165, 1.54) is 5.56 Å². The molecule has 1 unspecified atom stereocenters. The van der Waals surface area contributed by atoms with Gasteiger partial charge >= 0.3 is 0 Å². The molecule has 2 amide bonds. The SMILES string of the molecule is Cc1cc(C(=O)NCC(=O)NCC2CCCN(Cc3ccccc3)C2)c(C)o1. The predicted molar refractivity (Wildman–Crippen MR) is 108 cm³/mol. The number of furan rings is 1. The number of rotatable bonds is 7. The third kappa shape index (κ3) is 5.70. The maximum absolute atomic E-state index is 12.1. The summed E-state index contributed by atoms with van der Waals surface area (Å²) in [6, 6.07) is 12.2. The smallest absolute Gasteiger partial charge is 0.255 e. The van der Waals surface area contributed by atoms with Crippen molar-refractivity contribution in [1.82, 2.24) is 15.5 Å². The number of nitrogens with zero attached hydrogens (tertiary/aromatic N) is 1. The lowest BCUT2D eigenvalue weighted by Crippen LogP contribution is -2.43. The van der Waals surface area contributed by atoms with Crippen LogP contribution in [0, 0.1) is 19.8 Å². The Hall–Kier alpha value is -2.60. The number of hydrogen-bond acceptors (Lipinski definition) is 4. The summed E-state index contributed by atoms with van der Waals surface area (Å²) in [6.45, 7) is 7.18. The summed E-state index contributed by atoms with van der Waals surface area (Å²) in [5.74, 6) is 1.25. The quantitative estimate of drug-likeness (QED) is 0.771. The number of carbonyl (C=O) groups is 2. The van der Waals surface area contributed by atoms with Crippen LogP contribution in [0.2, 0.25) is 0 Å². The highest BCUT2D eigenvalue weighted by Crippen LogP contribution is 2.18. The molecule has 1 fully saturated rings. The van der Waals surface area contributed by atoms with E-state index >= 15 is 0 Å². The maximum Gasteiger partial charge on any atom is 0.255 e. The highest BCUT2D eigenvalue weighted by molar-refractivity contribution is 5.97. The Morgan fingerprint density at radius 1 is 1.18 bits per heavy atom. The molecule has 0 bridgehead atoms. The van der Waals surface area contributed by atoms with Crippen molar-refractivity contribution in [3.8, 4) is 0 Å². The van der Waals surface area contributed by atoms with Gasteiger partial charge < -0.3 is 15.1 Å². The maximum atomic E-state index is 12.1. The van der Waals surface area contributed by atoms with Gasteiger partial charge in [-0.3, -0.25) is 14.5 Å². The van der Waals surface area contributed by atoms with Crippen molar-refractivity contribution >= 4 is 11.8 Å². The van der Waals surface area contributed by atoms with E-state index in [9.17, 15) is 9.59 Å². The van der Waals surface area contributed by atoms with Gasteiger partial charge in [-0.25, -0.2) is 0 Å². The van der Waals surface area contributed by atoms with Crippen LogP contribution in [-0.4, -0.2) is 42.9 Å². The summed E-state index contributed by atoms with van der Waals surface area (Å²) in [5.41, 5.74) is 1.80. The van der Waals surface area contributed by atoms with Crippen molar-refractivity contribution in [2.75, 3.05) is 26.2 Å². The van der Waals surface area contributed by atoms with E-state index < -0.39 is 0 Å². The van der Waals surface area contributed by atoms with Crippen LogP contribution >= 0.6 is 0 Å². The Morgan fingerprint density at radius 2 is 1.96 bits per heavy atom. The van der Waals surface area contributed by atoms with Crippen LogP contribution in [0.15, 0.2) is 40.8 Å². The van der Waals surface area contributed by atoms with Gasteiger partial charge in [-0.2, -0.15) is 0 Å². The number of hydrogen-bond donors (Lipinski definition) is 2. The zero-order chi connectivity index (χ0) is 19.9. The van der Waals surface area contributed by atoms with Crippen molar-refractivity contribution < 1.29 is 14.0 Å². The molecule has 3 rings (SSSR count). The summed E-state index contributed by atoms with van der Waals surface area (Å²) in [7, 11) is 0. The minimum Gasteiger partial charge on any atom is -0.466 e. The van der Waals surface area contributed by atoms with E-state index in [1.807, 2.05) is 6.07 Å². The molecule has 0 radical (unpaired) electrons. The van der Waals surface area contributed by atoms with Crippen molar-refractivity contribution in [2.24, 2.45) is 5.92 Å². The Morgan fingerprint density at radius 3 is 2.68 bits per heavy atom. The molecule has 2 N–H and O–H groups in total. The predicted octanol–water partition coefficient (Wildman–Crippen LogP) is 2.65. The van der Waals surface area contributed by atoms with E-state index in [2.05, 4.69) is 39.8 Å². The first-order valence-corrected chi connectivity index (χ1v) is 9.89. The molecular formula is C22H29N3O3. The van der Waals surface area contributed by atoms with Gasteiger partial charge in [-0.05, 0) is 50.8 Å². The fraction of sp³-hybridized carbons (Fsp3) is 0.455. The molecule has 1 saturated heterocycles. The Labute approximate surface area is 166 Å². The first-order chi connectivity index (χ1) is 13.5. The van der Waals surface area contributed by atoms with E-state index in [-0.39, 0.29) is 18.4 Å². The summed E-state index contributed by atoms with van der Waals surface area (Å²) in [6.07, 6.45) is 2.26. The Balaban J connectivity index is 1.39. The van der Waals surface area contributed by atoms with Gasteiger partial charge in [-0.1, -0.05) is 30.3 Å². The second kappa shape index (κ2) is 9.55. The molecule has 1 aromatic carbocycles. The lowest BCUT2D eigenvalue weighted by atomic mass is 9.97. The molecule has 0 aliphatic carbocycles. The molecular weight excluding hydrogens is 354 g/mol.